The van der Waals surface area contributed by atoms with Crippen LogP contribution >= 0.6 is 0 Å². The second-order valence-electron chi connectivity index (χ2n) is 5.40. The summed E-state index contributed by atoms with van der Waals surface area (Å²) in [6.07, 6.45) is 13.3. The highest BCUT2D eigenvalue weighted by atomic mass is 16.5. The standard InChI is InChI=1S/C15H28O/c1-4-5-6-7-12-15(13(2)3)16-14-10-8-9-11-14/h4,13-15H,1,5-12H2,2-3H3. The van der Waals surface area contributed by atoms with Crippen molar-refractivity contribution in [3.8, 4) is 0 Å². The van der Waals surface area contributed by atoms with E-state index in [1.165, 1.54) is 44.9 Å². The lowest BCUT2D eigenvalue weighted by atomic mass is 10.00. The Hall–Kier alpha value is -0.300. The molecule has 0 saturated heterocycles. The van der Waals surface area contributed by atoms with E-state index in [1.807, 2.05) is 6.08 Å². The van der Waals surface area contributed by atoms with Gasteiger partial charge in [0.2, 0.25) is 0 Å². The van der Waals surface area contributed by atoms with E-state index in [0.717, 1.165) is 6.42 Å². The van der Waals surface area contributed by atoms with Crippen molar-refractivity contribution in [2.45, 2.75) is 77.4 Å². The van der Waals surface area contributed by atoms with Gasteiger partial charge in [0.1, 0.15) is 0 Å². The highest BCUT2D eigenvalue weighted by Crippen LogP contribution is 2.26. The number of rotatable bonds is 8. The van der Waals surface area contributed by atoms with Crippen molar-refractivity contribution >= 4 is 0 Å². The third-order valence-corrected chi connectivity index (χ3v) is 3.56. The van der Waals surface area contributed by atoms with Crippen LogP contribution < -0.4 is 0 Å². The van der Waals surface area contributed by atoms with Gasteiger partial charge in [-0.15, -0.1) is 6.58 Å². The van der Waals surface area contributed by atoms with Gasteiger partial charge in [-0.25, -0.2) is 0 Å². The van der Waals surface area contributed by atoms with Crippen LogP contribution in [0.2, 0.25) is 0 Å². The molecule has 0 aromatic carbocycles. The first-order valence-electron chi connectivity index (χ1n) is 7.00. The van der Waals surface area contributed by atoms with Gasteiger partial charge in [0.05, 0.1) is 12.2 Å². The number of allylic oxidation sites excluding steroid dienone is 1. The predicted octanol–water partition coefficient (Wildman–Crippen LogP) is 4.72. The molecule has 0 bridgehead atoms. The molecule has 1 atom stereocenters. The fraction of sp³-hybridized carbons (Fsp3) is 0.867. The van der Waals surface area contributed by atoms with Crippen molar-refractivity contribution in [3.05, 3.63) is 12.7 Å². The highest BCUT2D eigenvalue weighted by Gasteiger charge is 2.22. The summed E-state index contributed by atoms with van der Waals surface area (Å²) >= 11 is 0. The van der Waals surface area contributed by atoms with Gasteiger partial charge in [-0.05, 0) is 38.0 Å². The van der Waals surface area contributed by atoms with E-state index >= 15 is 0 Å². The van der Waals surface area contributed by atoms with Crippen LogP contribution in [0, 0.1) is 5.92 Å². The van der Waals surface area contributed by atoms with E-state index in [0.29, 0.717) is 18.1 Å². The van der Waals surface area contributed by atoms with Crippen molar-refractivity contribution < 1.29 is 4.74 Å². The smallest absolute Gasteiger partial charge is 0.0601 e. The number of hydrogen-bond acceptors (Lipinski definition) is 1. The zero-order valence-corrected chi connectivity index (χ0v) is 11.1. The van der Waals surface area contributed by atoms with Gasteiger partial charge in [0, 0.05) is 0 Å². The molecular weight excluding hydrogens is 196 g/mol. The summed E-state index contributed by atoms with van der Waals surface area (Å²) in [6.45, 7) is 8.33. The van der Waals surface area contributed by atoms with Crippen LogP contribution in [-0.4, -0.2) is 12.2 Å². The van der Waals surface area contributed by atoms with Crippen molar-refractivity contribution in [3.63, 3.8) is 0 Å². The van der Waals surface area contributed by atoms with Crippen molar-refractivity contribution in [2.75, 3.05) is 0 Å². The highest BCUT2D eigenvalue weighted by molar-refractivity contribution is 4.72. The predicted molar refractivity (Wildman–Crippen MR) is 70.6 cm³/mol. The molecular formula is C15H28O. The second-order valence-corrected chi connectivity index (χ2v) is 5.40. The Morgan fingerprint density at radius 3 is 2.50 bits per heavy atom. The first-order chi connectivity index (χ1) is 7.74. The molecule has 0 amide bonds. The fourth-order valence-electron chi connectivity index (χ4n) is 2.46. The van der Waals surface area contributed by atoms with Crippen LogP contribution in [0.25, 0.3) is 0 Å². The molecule has 1 aliphatic carbocycles. The average Bonchev–Trinajstić information content (AvgIpc) is 2.75. The normalized spacial score (nSPS) is 19.2. The first-order valence-corrected chi connectivity index (χ1v) is 7.00. The molecule has 0 spiro atoms. The van der Waals surface area contributed by atoms with Crippen molar-refractivity contribution in [1.82, 2.24) is 0 Å². The molecule has 1 unspecified atom stereocenters. The fourth-order valence-corrected chi connectivity index (χ4v) is 2.46. The molecule has 94 valence electrons. The van der Waals surface area contributed by atoms with Gasteiger partial charge in [-0.2, -0.15) is 0 Å². The molecule has 0 aromatic heterocycles. The minimum Gasteiger partial charge on any atom is -0.375 e. The quantitative estimate of drug-likeness (QED) is 0.428. The summed E-state index contributed by atoms with van der Waals surface area (Å²) in [5.74, 6) is 0.657. The van der Waals surface area contributed by atoms with Crippen LogP contribution in [-0.2, 0) is 4.74 Å². The van der Waals surface area contributed by atoms with Crippen LogP contribution in [0.1, 0.15) is 65.2 Å². The number of hydrogen-bond donors (Lipinski definition) is 0. The van der Waals surface area contributed by atoms with E-state index in [-0.39, 0.29) is 0 Å². The topological polar surface area (TPSA) is 9.23 Å². The van der Waals surface area contributed by atoms with E-state index in [1.54, 1.807) is 0 Å². The zero-order chi connectivity index (χ0) is 11.8. The molecule has 1 aliphatic rings. The van der Waals surface area contributed by atoms with Gasteiger partial charge < -0.3 is 4.74 Å². The monoisotopic (exact) mass is 224 g/mol. The summed E-state index contributed by atoms with van der Waals surface area (Å²) in [5.41, 5.74) is 0. The molecule has 1 nitrogen and oxygen atoms in total. The van der Waals surface area contributed by atoms with Gasteiger partial charge in [0.25, 0.3) is 0 Å². The molecule has 0 aromatic rings. The molecule has 1 heteroatoms. The summed E-state index contributed by atoms with van der Waals surface area (Å²) in [4.78, 5) is 0. The molecule has 0 aliphatic heterocycles. The third kappa shape index (κ3) is 5.16. The van der Waals surface area contributed by atoms with Crippen LogP contribution in [0.15, 0.2) is 12.7 Å². The maximum Gasteiger partial charge on any atom is 0.0601 e. The van der Waals surface area contributed by atoms with Gasteiger partial charge in [-0.1, -0.05) is 39.2 Å². The summed E-state index contributed by atoms with van der Waals surface area (Å²) in [6, 6.07) is 0. The summed E-state index contributed by atoms with van der Waals surface area (Å²) in [7, 11) is 0. The lowest BCUT2D eigenvalue weighted by Crippen LogP contribution is -2.25. The lowest BCUT2D eigenvalue weighted by Gasteiger charge is -2.25. The second kappa shape index (κ2) is 7.89. The Labute approximate surface area is 101 Å². The van der Waals surface area contributed by atoms with Crippen LogP contribution in [0.5, 0.6) is 0 Å². The van der Waals surface area contributed by atoms with E-state index in [4.69, 9.17) is 4.74 Å². The third-order valence-electron chi connectivity index (χ3n) is 3.56. The molecule has 1 saturated carbocycles. The van der Waals surface area contributed by atoms with Gasteiger partial charge in [0.15, 0.2) is 0 Å². The summed E-state index contributed by atoms with van der Waals surface area (Å²) in [5, 5.41) is 0. The number of unbranched alkanes of at least 4 members (excludes halogenated alkanes) is 2. The Morgan fingerprint density at radius 2 is 1.94 bits per heavy atom. The Kier molecular flexibility index (Phi) is 6.79. The number of ether oxygens (including phenoxy) is 1. The minimum absolute atomic E-state index is 0.480. The Bertz CT molecular complexity index is 180. The van der Waals surface area contributed by atoms with Crippen LogP contribution in [0.4, 0.5) is 0 Å². The SMILES string of the molecule is C=CCCCCC(OC1CCCC1)C(C)C. The van der Waals surface area contributed by atoms with E-state index in [2.05, 4.69) is 20.4 Å². The largest absolute Gasteiger partial charge is 0.375 e. The van der Waals surface area contributed by atoms with Gasteiger partial charge >= 0.3 is 0 Å². The van der Waals surface area contributed by atoms with E-state index in [9.17, 15) is 0 Å². The molecule has 16 heavy (non-hydrogen) atoms. The molecule has 0 N–H and O–H groups in total. The maximum atomic E-state index is 6.23. The van der Waals surface area contributed by atoms with Crippen molar-refractivity contribution in [2.24, 2.45) is 5.92 Å². The average molecular weight is 224 g/mol. The molecule has 1 rings (SSSR count). The van der Waals surface area contributed by atoms with Crippen LogP contribution in [0.3, 0.4) is 0 Å². The Balaban J connectivity index is 2.20. The molecule has 0 radical (unpaired) electrons. The molecule has 1 fully saturated rings. The Morgan fingerprint density at radius 1 is 1.25 bits per heavy atom. The maximum absolute atomic E-state index is 6.23. The zero-order valence-electron chi connectivity index (χ0n) is 11.1. The lowest BCUT2D eigenvalue weighted by molar-refractivity contribution is -0.0370. The summed E-state index contributed by atoms with van der Waals surface area (Å²) < 4.78 is 6.23. The van der Waals surface area contributed by atoms with E-state index < -0.39 is 0 Å². The van der Waals surface area contributed by atoms with Crippen molar-refractivity contribution in [1.29, 1.82) is 0 Å². The van der Waals surface area contributed by atoms with Gasteiger partial charge in [-0.3, -0.25) is 0 Å². The first kappa shape index (κ1) is 13.8. The minimum atomic E-state index is 0.480. The molecule has 0 heterocycles.